The molecule has 39 heavy (non-hydrogen) atoms. The van der Waals surface area contributed by atoms with Crippen molar-refractivity contribution >= 4 is 26.8 Å². The number of aromatic nitrogens is 3. The maximum Gasteiger partial charge on any atom is 0.187 e. The average molecular weight is 607 g/mol. The average Bonchev–Trinajstić information content (AvgIpc) is 3.69. The van der Waals surface area contributed by atoms with E-state index in [-0.39, 0.29) is 0 Å². The fourth-order valence-corrected chi connectivity index (χ4v) is 9.69. The van der Waals surface area contributed by atoms with Gasteiger partial charge in [0.15, 0.2) is 11.3 Å². The SMILES string of the molecule is CCCCCO[P+](N1CCCC1)(N1CCCC1)N1CCCC1.F[P-](F)(F)(F)(F)F.c1cc2c3nnn(c3c1)O2. The van der Waals surface area contributed by atoms with Crippen LogP contribution in [0.1, 0.15) is 64.7 Å². The molecular formula is C23H38F6N6O2P2. The van der Waals surface area contributed by atoms with Crippen molar-refractivity contribution in [3.05, 3.63) is 18.2 Å². The molecule has 4 aliphatic rings. The summed E-state index contributed by atoms with van der Waals surface area (Å²) in [6.45, 7) is 10.8. The molecule has 3 fully saturated rings. The molecule has 6 rings (SSSR count). The largest absolute Gasteiger partial charge is 0.354 e. The molecule has 1 aromatic heterocycles. The Morgan fingerprint density at radius 3 is 1.72 bits per heavy atom. The van der Waals surface area contributed by atoms with Gasteiger partial charge in [-0.1, -0.05) is 30.7 Å². The Morgan fingerprint density at radius 2 is 1.31 bits per heavy atom. The van der Waals surface area contributed by atoms with Gasteiger partial charge in [-0.15, -0.1) is 19.1 Å². The molecule has 0 aliphatic carbocycles. The van der Waals surface area contributed by atoms with Crippen molar-refractivity contribution in [2.75, 3.05) is 45.9 Å². The van der Waals surface area contributed by atoms with Crippen molar-refractivity contribution in [2.24, 2.45) is 0 Å². The summed E-state index contributed by atoms with van der Waals surface area (Å²) in [7, 11) is -12.3. The number of nitrogens with zero attached hydrogens (tertiary/aromatic N) is 6. The predicted octanol–water partition coefficient (Wildman–Crippen LogP) is 8.13. The first-order valence-electron chi connectivity index (χ1n) is 13.7. The van der Waals surface area contributed by atoms with Gasteiger partial charge in [-0.05, 0) is 62.3 Å². The number of hydrogen-bond acceptors (Lipinski definition) is 7. The van der Waals surface area contributed by atoms with Gasteiger partial charge >= 0.3 is 40.9 Å². The van der Waals surface area contributed by atoms with Crippen molar-refractivity contribution < 1.29 is 34.5 Å². The zero-order chi connectivity index (χ0) is 28.2. The Balaban J connectivity index is 0.000000169. The summed E-state index contributed by atoms with van der Waals surface area (Å²) in [4.78, 5) is 6.60. The van der Waals surface area contributed by atoms with Crippen LogP contribution in [-0.2, 0) is 4.52 Å². The third kappa shape index (κ3) is 8.60. The molecular weight excluding hydrogens is 568 g/mol. The topological polar surface area (TPSA) is 58.9 Å². The number of benzene rings is 1. The van der Waals surface area contributed by atoms with Gasteiger partial charge in [0, 0.05) is 39.3 Å². The number of rotatable bonds is 8. The van der Waals surface area contributed by atoms with Crippen LogP contribution in [0.5, 0.6) is 5.75 Å². The van der Waals surface area contributed by atoms with E-state index in [9.17, 15) is 25.2 Å². The maximum atomic E-state index is 9.87. The van der Waals surface area contributed by atoms with E-state index in [0.29, 0.717) is 0 Å². The number of unbranched alkanes of at least 4 members (excludes halogenated alkanes) is 2. The predicted molar refractivity (Wildman–Crippen MR) is 142 cm³/mol. The van der Waals surface area contributed by atoms with Crippen LogP contribution >= 0.6 is 15.8 Å². The van der Waals surface area contributed by atoms with E-state index in [2.05, 4.69) is 31.2 Å². The summed E-state index contributed by atoms with van der Waals surface area (Å²) in [6, 6.07) is 5.72. The minimum Gasteiger partial charge on any atom is -0.354 e. The zero-order valence-electron chi connectivity index (χ0n) is 22.2. The molecule has 0 spiro atoms. The van der Waals surface area contributed by atoms with Crippen LogP contribution < -0.4 is 4.84 Å². The van der Waals surface area contributed by atoms with E-state index in [1.807, 2.05) is 18.2 Å². The second kappa shape index (κ2) is 11.5. The van der Waals surface area contributed by atoms with Gasteiger partial charge in [0.2, 0.25) is 0 Å². The van der Waals surface area contributed by atoms with Crippen LogP contribution in [0.2, 0.25) is 0 Å². The first-order valence-corrected chi connectivity index (χ1v) is 17.3. The molecule has 0 unspecified atom stereocenters. The molecule has 0 N–H and O–H groups in total. The van der Waals surface area contributed by atoms with Crippen LogP contribution in [0.4, 0.5) is 25.2 Å². The number of halogens is 6. The Bertz CT molecular complexity index is 1040. The second-order valence-corrected chi connectivity index (χ2v) is 15.1. The molecule has 8 nitrogen and oxygen atoms in total. The van der Waals surface area contributed by atoms with Gasteiger partial charge in [0.25, 0.3) is 0 Å². The van der Waals surface area contributed by atoms with E-state index in [1.165, 1.54) is 102 Å². The maximum absolute atomic E-state index is 10.7. The van der Waals surface area contributed by atoms with E-state index >= 15 is 0 Å². The standard InChI is InChI=1S/C17H35N3OP.C6H3N3O.F6P/c1-2-3-10-17-21-22(18-11-4-5-12-18,19-13-6-7-14-19)20-15-8-9-16-20;1-2-4-6-5(3-1)10-9(4)8-7-6;1-7(2,3,4,5)6/h2-17H2,1H3;1-3H;/q+1;;-1. The Labute approximate surface area is 225 Å². The van der Waals surface area contributed by atoms with Gasteiger partial charge in [-0.2, -0.15) is 4.52 Å². The zero-order valence-corrected chi connectivity index (χ0v) is 24.0. The van der Waals surface area contributed by atoms with Gasteiger partial charge < -0.3 is 4.84 Å². The molecule has 0 radical (unpaired) electrons. The van der Waals surface area contributed by atoms with Gasteiger partial charge in [-0.25, -0.2) is 0 Å². The Kier molecular flexibility index (Phi) is 9.06. The first kappa shape index (κ1) is 30.7. The fourth-order valence-electron chi connectivity index (χ4n) is 5.34. The van der Waals surface area contributed by atoms with E-state index < -0.39 is 15.8 Å². The molecule has 3 saturated heterocycles. The summed E-state index contributed by atoms with van der Waals surface area (Å²) in [5.41, 5.74) is 1.79. The van der Waals surface area contributed by atoms with Crippen LogP contribution in [-0.4, -0.2) is 75.0 Å². The molecule has 224 valence electrons. The van der Waals surface area contributed by atoms with E-state index in [4.69, 9.17) is 9.36 Å². The summed E-state index contributed by atoms with van der Waals surface area (Å²) in [6.07, 6.45) is 12.0. The van der Waals surface area contributed by atoms with Crippen molar-refractivity contribution in [3.63, 3.8) is 0 Å². The molecule has 1 aromatic carbocycles. The Morgan fingerprint density at radius 1 is 0.821 bits per heavy atom. The smallest absolute Gasteiger partial charge is 0.187 e. The summed E-state index contributed by atoms with van der Waals surface area (Å²) < 4.78 is 74.4. The van der Waals surface area contributed by atoms with Crippen LogP contribution in [0.15, 0.2) is 18.2 Å². The van der Waals surface area contributed by atoms with Crippen LogP contribution in [0.25, 0.3) is 11.0 Å². The third-order valence-electron chi connectivity index (χ3n) is 6.96. The van der Waals surface area contributed by atoms with Gasteiger partial charge in [0.05, 0.1) is 6.61 Å². The monoisotopic (exact) mass is 606 g/mol. The minimum absolute atomic E-state index is 0.799. The molecule has 0 amide bonds. The third-order valence-corrected chi connectivity index (χ3v) is 10.9. The second-order valence-electron chi connectivity index (χ2n) is 10.2. The van der Waals surface area contributed by atoms with Crippen LogP contribution in [0.3, 0.4) is 0 Å². The molecule has 4 aliphatic heterocycles. The van der Waals surface area contributed by atoms with Crippen LogP contribution in [0, 0.1) is 0 Å². The number of hydrogen-bond donors (Lipinski definition) is 0. The summed E-state index contributed by atoms with van der Waals surface area (Å²) in [5.74, 6) is 0.799. The molecule has 2 aromatic rings. The molecule has 16 heteroatoms. The Hall–Kier alpha value is -1.30. The molecule has 0 atom stereocenters. The van der Waals surface area contributed by atoms with E-state index in [0.717, 1.165) is 23.4 Å². The van der Waals surface area contributed by atoms with E-state index in [1.54, 1.807) is 0 Å². The van der Waals surface area contributed by atoms with Gasteiger partial charge in [-0.3, -0.25) is 0 Å². The summed E-state index contributed by atoms with van der Waals surface area (Å²) >= 11 is 0. The normalized spacial score (nSPS) is 21.8. The van der Waals surface area contributed by atoms with Crippen molar-refractivity contribution in [3.8, 4) is 5.75 Å². The first-order chi connectivity index (χ1) is 18.3. The minimum atomic E-state index is -10.7. The van der Waals surface area contributed by atoms with Crippen molar-refractivity contribution in [2.45, 2.75) is 64.7 Å². The van der Waals surface area contributed by atoms with Gasteiger partial charge in [0.1, 0.15) is 5.52 Å². The quantitative estimate of drug-likeness (QED) is 0.146. The molecule has 5 heterocycles. The molecule has 4 bridgehead atoms. The van der Waals surface area contributed by atoms with Crippen molar-refractivity contribution in [1.29, 1.82) is 0 Å². The summed E-state index contributed by atoms with van der Waals surface area (Å²) in [5, 5.41) is 7.59. The van der Waals surface area contributed by atoms with Crippen molar-refractivity contribution in [1.82, 2.24) is 29.2 Å². The molecule has 0 saturated carbocycles. The fraction of sp³-hybridized carbons (Fsp3) is 0.739.